The molecule has 0 aliphatic carbocycles. The molecule has 0 saturated carbocycles. The Morgan fingerprint density at radius 3 is 2.71 bits per heavy atom. The lowest BCUT2D eigenvalue weighted by atomic mass is 10.3. The SMILES string of the molecule is Cn1ncc2c(=O)n(-c3ccccc3)cnc21. The van der Waals surface area contributed by atoms with E-state index < -0.39 is 0 Å². The minimum atomic E-state index is -0.102. The monoisotopic (exact) mass is 226 g/mol. The molecule has 0 atom stereocenters. The van der Waals surface area contributed by atoms with Crippen LogP contribution < -0.4 is 5.56 Å². The van der Waals surface area contributed by atoms with Crippen molar-refractivity contribution in [3.63, 3.8) is 0 Å². The van der Waals surface area contributed by atoms with Crippen LogP contribution in [0.25, 0.3) is 16.7 Å². The molecule has 1 aromatic carbocycles. The van der Waals surface area contributed by atoms with E-state index in [2.05, 4.69) is 10.1 Å². The summed E-state index contributed by atoms with van der Waals surface area (Å²) in [5.41, 5.74) is 1.30. The fraction of sp³-hybridized carbons (Fsp3) is 0.0833. The molecule has 3 rings (SSSR count). The summed E-state index contributed by atoms with van der Waals surface area (Å²) in [6, 6.07) is 9.41. The van der Waals surface area contributed by atoms with Crippen molar-refractivity contribution in [2.24, 2.45) is 7.05 Å². The van der Waals surface area contributed by atoms with Crippen LogP contribution in [-0.4, -0.2) is 19.3 Å². The molecule has 5 heteroatoms. The van der Waals surface area contributed by atoms with Gasteiger partial charge in [0.05, 0.1) is 11.9 Å². The zero-order valence-corrected chi connectivity index (χ0v) is 9.24. The Labute approximate surface area is 97.0 Å². The molecule has 0 N–H and O–H groups in total. The second-order valence-corrected chi connectivity index (χ2v) is 3.76. The molecule has 2 heterocycles. The zero-order valence-electron chi connectivity index (χ0n) is 9.24. The number of hydrogen-bond donors (Lipinski definition) is 0. The lowest BCUT2D eigenvalue weighted by Crippen LogP contribution is -2.18. The van der Waals surface area contributed by atoms with Crippen molar-refractivity contribution in [2.75, 3.05) is 0 Å². The smallest absolute Gasteiger partial charge is 0.268 e. The molecule has 0 aliphatic rings. The van der Waals surface area contributed by atoms with Crippen LogP contribution >= 0.6 is 0 Å². The van der Waals surface area contributed by atoms with Crippen molar-refractivity contribution in [1.29, 1.82) is 0 Å². The van der Waals surface area contributed by atoms with Crippen molar-refractivity contribution in [3.05, 3.63) is 53.2 Å². The van der Waals surface area contributed by atoms with Crippen LogP contribution in [0.2, 0.25) is 0 Å². The van der Waals surface area contributed by atoms with Gasteiger partial charge in [-0.1, -0.05) is 18.2 Å². The van der Waals surface area contributed by atoms with Crippen molar-refractivity contribution < 1.29 is 0 Å². The van der Waals surface area contributed by atoms with Gasteiger partial charge in [0.2, 0.25) is 0 Å². The molecule has 0 aliphatic heterocycles. The topological polar surface area (TPSA) is 52.7 Å². The van der Waals surface area contributed by atoms with E-state index >= 15 is 0 Å². The average Bonchev–Trinajstić information content (AvgIpc) is 2.74. The third-order valence-electron chi connectivity index (χ3n) is 2.69. The predicted octanol–water partition coefficient (Wildman–Crippen LogP) is 1.12. The van der Waals surface area contributed by atoms with Gasteiger partial charge < -0.3 is 0 Å². The second-order valence-electron chi connectivity index (χ2n) is 3.76. The quantitative estimate of drug-likeness (QED) is 0.624. The number of aryl methyl sites for hydroxylation is 1. The molecule has 5 nitrogen and oxygen atoms in total. The Bertz CT molecular complexity index is 727. The largest absolute Gasteiger partial charge is 0.269 e. The standard InChI is InChI=1S/C12H10N4O/c1-15-11-10(7-14-15)12(17)16(8-13-11)9-5-3-2-4-6-9/h2-8H,1H3. The van der Waals surface area contributed by atoms with Crippen molar-refractivity contribution in [2.45, 2.75) is 0 Å². The molecule has 17 heavy (non-hydrogen) atoms. The molecule has 0 fully saturated rings. The van der Waals surface area contributed by atoms with Gasteiger partial charge in [-0.25, -0.2) is 4.98 Å². The molecule has 0 bridgehead atoms. The van der Waals surface area contributed by atoms with Crippen LogP contribution in [0, 0.1) is 0 Å². The van der Waals surface area contributed by atoms with E-state index in [0.29, 0.717) is 11.0 Å². The van der Waals surface area contributed by atoms with Gasteiger partial charge in [-0.05, 0) is 12.1 Å². The van der Waals surface area contributed by atoms with Crippen LogP contribution in [0.5, 0.6) is 0 Å². The molecule has 3 aromatic rings. The zero-order chi connectivity index (χ0) is 11.8. The first kappa shape index (κ1) is 9.77. The highest BCUT2D eigenvalue weighted by molar-refractivity contribution is 5.73. The molecular weight excluding hydrogens is 216 g/mol. The molecule has 84 valence electrons. The van der Waals surface area contributed by atoms with Gasteiger partial charge in [0.25, 0.3) is 5.56 Å². The van der Waals surface area contributed by atoms with E-state index in [0.717, 1.165) is 5.69 Å². The van der Waals surface area contributed by atoms with E-state index in [1.165, 1.54) is 10.9 Å². The van der Waals surface area contributed by atoms with Gasteiger partial charge in [-0.2, -0.15) is 5.10 Å². The van der Waals surface area contributed by atoms with Gasteiger partial charge in [0.1, 0.15) is 11.7 Å². The lowest BCUT2D eigenvalue weighted by molar-refractivity contribution is 0.782. The molecule has 0 spiro atoms. The molecule has 0 unspecified atom stereocenters. The highest BCUT2D eigenvalue weighted by Crippen LogP contribution is 2.07. The van der Waals surface area contributed by atoms with E-state index in [1.54, 1.807) is 17.9 Å². The Hall–Kier alpha value is -2.43. The van der Waals surface area contributed by atoms with E-state index in [4.69, 9.17) is 0 Å². The summed E-state index contributed by atoms with van der Waals surface area (Å²) in [7, 11) is 1.77. The Morgan fingerprint density at radius 1 is 1.18 bits per heavy atom. The van der Waals surface area contributed by atoms with Crippen LogP contribution in [0.15, 0.2) is 47.7 Å². The van der Waals surface area contributed by atoms with Gasteiger partial charge >= 0.3 is 0 Å². The maximum absolute atomic E-state index is 12.2. The van der Waals surface area contributed by atoms with E-state index in [-0.39, 0.29) is 5.56 Å². The molecule has 2 aromatic heterocycles. The Morgan fingerprint density at radius 2 is 1.94 bits per heavy atom. The van der Waals surface area contributed by atoms with Crippen LogP contribution in [0.3, 0.4) is 0 Å². The van der Waals surface area contributed by atoms with Gasteiger partial charge in [0, 0.05) is 7.05 Å². The summed E-state index contributed by atoms with van der Waals surface area (Å²) in [5, 5.41) is 4.56. The van der Waals surface area contributed by atoms with Crippen LogP contribution in [-0.2, 0) is 7.05 Å². The summed E-state index contributed by atoms with van der Waals surface area (Å²) in [4.78, 5) is 16.5. The third-order valence-corrected chi connectivity index (χ3v) is 2.69. The maximum Gasteiger partial charge on any atom is 0.269 e. The summed E-state index contributed by atoms with van der Waals surface area (Å²) in [6.07, 6.45) is 3.08. The van der Waals surface area contributed by atoms with E-state index in [1.807, 2.05) is 30.3 Å². The number of aromatic nitrogens is 4. The van der Waals surface area contributed by atoms with Crippen LogP contribution in [0.4, 0.5) is 0 Å². The fourth-order valence-corrected chi connectivity index (χ4v) is 1.80. The molecule has 0 saturated heterocycles. The highest BCUT2D eigenvalue weighted by Gasteiger charge is 2.08. The molecular formula is C12H10N4O. The van der Waals surface area contributed by atoms with Crippen molar-refractivity contribution in [1.82, 2.24) is 19.3 Å². The number of hydrogen-bond acceptors (Lipinski definition) is 3. The number of nitrogens with zero attached hydrogens (tertiary/aromatic N) is 4. The van der Waals surface area contributed by atoms with E-state index in [9.17, 15) is 4.79 Å². The lowest BCUT2D eigenvalue weighted by Gasteiger charge is -2.04. The van der Waals surface area contributed by atoms with Gasteiger partial charge in [0.15, 0.2) is 5.65 Å². The Kier molecular flexibility index (Phi) is 2.04. The number of fused-ring (bicyclic) bond motifs is 1. The Balaban J connectivity index is 2.33. The summed E-state index contributed by atoms with van der Waals surface area (Å²) in [5.74, 6) is 0. The summed E-state index contributed by atoms with van der Waals surface area (Å²) >= 11 is 0. The molecule has 0 amide bonds. The van der Waals surface area contributed by atoms with Crippen molar-refractivity contribution >= 4 is 11.0 Å². The van der Waals surface area contributed by atoms with Gasteiger partial charge in [-0.15, -0.1) is 0 Å². The number of para-hydroxylation sites is 1. The summed E-state index contributed by atoms with van der Waals surface area (Å²) in [6.45, 7) is 0. The second kappa shape index (κ2) is 3.55. The fourth-order valence-electron chi connectivity index (χ4n) is 1.80. The third kappa shape index (κ3) is 1.44. The predicted molar refractivity (Wildman–Crippen MR) is 64.1 cm³/mol. The first-order valence-corrected chi connectivity index (χ1v) is 5.22. The summed E-state index contributed by atoms with van der Waals surface area (Å²) < 4.78 is 3.11. The van der Waals surface area contributed by atoms with Crippen molar-refractivity contribution in [3.8, 4) is 5.69 Å². The minimum absolute atomic E-state index is 0.102. The minimum Gasteiger partial charge on any atom is -0.268 e. The maximum atomic E-state index is 12.2. The molecule has 0 radical (unpaired) electrons. The first-order chi connectivity index (χ1) is 8.27. The first-order valence-electron chi connectivity index (χ1n) is 5.22. The van der Waals surface area contributed by atoms with Gasteiger partial charge in [-0.3, -0.25) is 14.0 Å². The normalized spacial score (nSPS) is 10.9. The number of rotatable bonds is 1. The average molecular weight is 226 g/mol. The number of benzene rings is 1. The van der Waals surface area contributed by atoms with Crippen LogP contribution in [0.1, 0.15) is 0 Å². The highest BCUT2D eigenvalue weighted by atomic mass is 16.1.